The van der Waals surface area contributed by atoms with Gasteiger partial charge in [-0.05, 0) is 80.1 Å². The summed E-state index contributed by atoms with van der Waals surface area (Å²) in [7, 11) is 0. The van der Waals surface area contributed by atoms with Crippen LogP contribution in [-0.4, -0.2) is 64.1 Å². The van der Waals surface area contributed by atoms with Gasteiger partial charge < -0.3 is 19.1 Å². The maximum atomic E-state index is 12.8. The third-order valence-electron chi connectivity index (χ3n) is 5.61. The van der Waals surface area contributed by atoms with Gasteiger partial charge in [0.25, 0.3) is 0 Å². The van der Waals surface area contributed by atoms with Crippen LogP contribution in [0, 0.1) is 11.8 Å². The number of likely N-dealkylation sites (tertiary alicyclic amines) is 1. The maximum Gasteiger partial charge on any atom is 0.412 e. The molecule has 0 aromatic carbocycles. The van der Waals surface area contributed by atoms with Gasteiger partial charge in [0, 0.05) is 12.6 Å². The summed E-state index contributed by atoms with van der Waals surface area (Å²) in [4.78, 5) is 28.9. The minimum atomic E-state index is -0.695. The standard InChI is InChI=1S/C21H36N2O5/c1-19(2,3)27-17(24)22-11-13(15-10-16(15)22)9-14-12-26-21(7,8)23(14)18(25)28-20(4,5)6/h13-16H,9-12H2,1-8H3/t13-,14-,15+,16+/m0/s1. The summed E-state index contributed by atoms with van der Waals surface area (Å²) in [6.45, 7) is 16.3. The van der Waals surface area contributed by atoms with E-state index in [2.05, 4.69) is 0 Å². The number of carbonyl (C=O) groups excluding carboxylic acids is 2. The van der Waals surface area contributed by atoms with E-state index >= 15 is 0 Å². The van der Waals surface area contributed by atoms with Crippen LogP contribution in [0.2, 0.25) is 0 Å². The lowest BCUT2D eigenvalue weighted by molar-refractivity contribution is -0.0632. The second-order valence-electron chi connectivity index (χ2n) is 10.9. The fourth-order valence-electron chi connectivity index (χ4n) is 4.46. The van der Waals surface area contributed by atoms with Crippen molar-refractivity contribution in [2.45, 2.75) is 97.2 Å². The van der Waals surface area contributed by atoms with Gasteiger partial charge in [-0.1, -0.05) is 0 Å². The van der Waals surface area contributed by atoms with Crippen molar-refractivity contribution in [3.63, 3.8) is 0 Å². The average molecular weight is 397 g/mol. The highest BCUT2D eigenvalue weighted by atomic mass is 16.6. The molecular formula is C21H36N2O5. The molecule has 2 saturated heterocycles. The predicted molar refractivity (Wildman–Crippen MR) is 105 cm³/mol. The van der Waals surface area contributed by atoms with Crippen molar-refractivity contribution in [1.82, 2.24) is 9.80 Å². The molecule has 160 valence electrons. The molecule has 0 N–H and O–H groups in total. The molecule has 1 aliphatic carbocycles. The minimum absolute atomic E-state index is 0.0466. The monoisotopic (exact) mass is 396 g/mol. The zero-order valence-corrected chi connectivity index (χ0v) is 18.6. The highest BCUT2D eigenvalue weighted by Crippen LogP contribution is 2.51. The van der Waals surface area contributed by atoms with Gasteiger partial charge in [0.15, 0.2) is 0 Å². The fraction of sp³-hybridized carbons (Fsp3) is 0.905. The molecule has 3 fully saturated rings. The average Bonchev–Trinajstić information content (AvgIpc) is 3.09. The van der Waals surface area contributed by atoms with Gasteiger partial charge >= 0.3 is 12.2 Å². The van der Waals surface area contributed by atoms with Crippen LogP contribution in [-0.2, 0) is 14.2 Å². The van der Waals surface area contributed by atoms with E-state index in [0.29, 0.717) is 25.0 Å². The summed E-state index contributed by atoms with van der Waals surface area (Å²) in [6.07, 6.45) is 1.26. The molecule has 2 heterocycles. The Morgan fingerprint density at radius 3 is 2.18 bits per heavy atom. The number of nitrogens with zero attached hydrogens (tertiary/aromatic N) is 2. The molecular weight excluding hydrogens is 360 g/mol. The van der Waals surface area contributed by atoms with Crippen molar-refractivity contribution in [3.8, 4) is 0 Å². The Labute approximate surface area is 168 Å². The number of rotatable bonds is 2. The van der Waals surface area contributed by atoms with Crippen molar-refractivity contribution < 1.29 is 23.8 Å². The summed E-state index contributed by atoms with van der Waals surface area (Å²) in [5.74, 6) is 0.849. The summed E-state index contributed by atoms with van der Waals surface area (Å²) >= 11 is 0. The summed E-state index contributed by atoms with van der Waals surface area (Å²) in [5.41, 5.74) is -1.74. The van der Waals surface area contributed by atoms with Gasteiger partial charge in [0.05, 0.1) is 12.6 Å². The van der Waals surface area contributed by atoms with Crippen molar-refractivity contribution in [1.29, 1.82) is 0 Å². The third-order valence-corrected chi connectivity index (χ3v) is 5.61. The fourth-order valence-corrected chi connectivity index (χ4v) is 4.46. The van der Waals surface area contributed by atoms with Crippen molar-refractivity contribution in [2.75, 3.05) is 13.2 Å². The molecule has 7 nitrogen and oxygen atoms in total. The first-order chi connectivity index (χ1) is 12.7. The number of ether oxygens (including phenoxy) is 3. The molecule has 2 aliphatic heterocycles. The molecule has 28 heavy (non-hydrogen) atoms. The maximum absolute atomic E-state index is 12.8. The van der Waals surface area contributed by atoms with Crippen LogP contribution in [0.1, 0.15) is 68.2 Å². The van der Waals surface area contributed by atoms with Crippen LogP contribution in [0.3, 0.4) is 0 Å². The number of amides is 2. The Hall–Kier alpha value is -1.50. The lowest BCUT2D eigenvalue weighted by Crippen LogP contribution is -2.50. The Morgan fingerprint density at radius 2 is 1.61 bits per heavy atom. The molecule has 0 unspecified atom stereocenters. The highest BCUT2D eigenvalue weighted by Gasteiger charge is 2.57. The van der Waals surface area contributed by atoms with E-state index in [0.717, 1.165) is 12.8 Å². The second-order valence-corrected chi connectivity index (χ2v) is 10.9. The molecule has 4 atom stereocenters. The normalized spacial score (nSPS) is 31.6. The third kappa shape index (κ3) is 4.56. The van der Waals surface area contributed by atoms with E-state index in [1.165, 1.54) is 0 Å². The van der Waals surface area contributed by atoms with Crippen LogP contribution < -0.4 is 0 Å². The van der Waals surface area contributed by atoms with E-state index in [1.807, 2.05) is 60.3 Å². The first-order valence-corrected chi connectivity index (χ1v) is 10.3. The smallest absolute Gasteiger partial charge is 0.412 e. The van der Waals surface area contributed by atoms with E-state index in [-0.39, 0.29) is 24.3 Å². The first-order valence-electron chi connectivity index (χ1n) is 10.3. The van der Waals surface area contributed by atoms with Gasteiger partial charge in [-0.2, -0.15) is 0 Å². The molecule has 0 spiro atoms. The largest absolute Gasteiger partial charge is 0.444 e. The molecule has 0 radical (unpaired) electrons. The van der Waals surface area contributed by atoms with Gasteiger partial charge in [-0.25, -0.2) is 9.59 Å². The Kier molecular flexibility index (Phi) is 5.14. The van der Waals surface area contributed by atoms with E-state index in [4.69, 9.17) is 14.2 Å². The number of hydrogen-bond acceptors (Lipinski definition) is 5. The Balaban J connectivity index is 1.65. The lowest BCUT2D eigenvalue weighted by Gasteiger charge is -2.36. The Bertz CT molecular complexity index is 634. The van der Waals surface area contributed by atoms with Crippen LogP contribution in [0.5, 0.6) is 0 Å². The van der Waals surface area contributed by atoms with Crippen LogP contribution >= 0.6 is 0 Å². The zero-order chi connectivity index (χ0) is 21.1. The van der Waals surface area contributed by atoms with Crippen molar-refractivity contribution in [2.24, 2.45) is 11.8 Å². The van der Waals surface area contributed by atoms with Gasteiger partial charge in [-0.3, -0.25) is 4.90 Å². The number of carbonyl (C=O) groups is 2. The molecule has 0 aromatic rings. The van der Waals surface area contributed by atoms with E-state index in [9.17, 15) is 9.59 Å². The van der Waals surface area contributed by atoms with Crippen LogP contribution in [0.25, 0.3) is 0 Å². The van der Waals surface area contributed by atoms with Crippen LogP contribution in [0.4, 0.5) is 9.59 Å². The van der Waals surface area contributed by atoms with Gasteiger partial charge in [0.2, 0.25) is 0 Å². The van der Waals surface area contributed by atoms with Gasteiger partial charge in [0.1, 0.15) is 16.9 Å². The first kappa shape index (κ1) is 21.2. The van der Waals surface area contributed by atoms with Crippen molar-refractivity contribution in [3.05, 3.63) is 0 Å². The molecule has 1 saturated carbocycles. The molecule has 7 heteroatoms. The number of fused-ring (bicyclic) bond motifs is 1. The lowest BCUT2D eigenvalue weighted by atomic mass is 9.96. The predicted octanol–water partition coefficient (Wildman–Crippen LogP) is 4.00. The molecule has 2 amide bonds. The van der Waals surface area contributed by atoms with E-state index in [1.54, 1.807) is 4.90 Å². The van der Waals surface area contributed by atoms with Gasteiger partial charge in [-0.15, -0.1) is 0 Å². The highest BCUT2D eigenvalue weighted by molar-refractivity contribution is 5.70. The number of piperidine rings is 1. The molecule has 3 aliphatic rings. The minimum Gasteiger partial charge on any atom is -0.444 e. The van der Waals surface area contributed by atoms with Crippen LogP contribution in [0.15, 0.2) is 0 Å². The summed E-state index contributed by atoms with van der Waals surface area (Å²) < 4.78 is 17.1. The molecule has 3 rings (SSSR count). The van der Waals surface area contributed by atoms with E-state index < -0.39 is 16.9 Å². The topological polar surface area (TPSA) is 68.3 Å². The summed E-state index contributed by atoms with van der Waals surface area (Å²) in [5, 5.41) is 0. The molecule has 0 bridgehead atoms. The second kappa shape index (κ2) is 6.78. The van der Waals surface area contributed by atoms with Crippen molar-refractivity contribution >= 4 is 12.2 Å². The quantitative estimate of drug-likeness (QED) is 0.706. The SMILES string of the molecule is CC(C)(C)OC(=O)N1C[C@H](C[C@H]2COC(C)(C)N2C(=O)OC(C)(C)C)[C@H]2C[C@H]21. The molecule has 0 aromatic heterocycles. The number of hydrogen-bond donors (Lipinski definition) is 0. The summed E-state index contributed by atoms with van der Waals surface area (Å²) in [6, 6.07) is 0.236. The zero-order valence-electron chi connectivity index (χ0n) is 18.6. The Morgan fingerprint density at radius 1 is 1.04 bits per heavy atom.